The Kier molecular flexibility index (Phi) is 2.37. The number of aromatic hydroxyl groups is 1. The molecule has 16 heavy (non-hydrogen) atoms. The van der Waals surface area contributed by atoms with E-state index in [1.165, 1.54) is 0 Å². The number of nitrogens with one attached hydrogen (secondary N) is 1. The van der Waals surface area contributed by atoms with Crippen molar-refractivity contribution in [1.82, 2.24) is 5.32 Å². The van der Waals surface area contributed by atoms with E-state index in [1.807, 2.05) is 12.1 Å². The van der Waals surface area contributed by atoms with Crippen LogP contribution < -0.4 is 5.32 Å². The third-order valence-electron chi connectivity index (χ3n) is 2.36. The number of amides is 1. The van der Waals surface area contributed by atoms with Crippen LogP contribution >= 0.6 is 23.5 Å². The maximum absolute atomic E-state index is 11.6. The highest BCUT2D eigenvalue weighted by molar-refractivity contribution is 8.26. The molecule has 3 nitrogen and oxygen atoms in total. The first kappa shape index (κ1) is 10.1. The number of thioether (sulfide) groups is 2. The normalized spacial score (nSPS) is 29.8. The van der Waals surface area contributed by atoms with Crippen LogP contribution in [0, 0.1) is 0 Å². The van der Waals surface area contributed by atoms with Crippen molar-refractivity contribution >= 4 is 35.5 Å². The molecule has 0 radical (unpaired) electrons. The number of benzene rings is 1. The average Bonchev–Trinajstić information content (AvgIpc) is 2.96. The molecular weight excluding hydrogens is 242 g/mol. The van der Waals surface area contributed by atoms with Crippen LogP contribution in [-0.2, 0) is 4.79 Å². The van der Waals surface area contributed by atoms with E-state index in [4.69, 9.17) is 0 Å². The van der Waals surface area contributed by atoms with Gasteiger partial charge in [-0.2, -0.15) is 0 Å². The molecule has 2 fully saturated rings. The van der Waals surface area contributed by atoms with Crippen LogP contribution in [0.25, 0.3) is 6.08 Å². The predicted octanol–water partition coefficient (Wildman–Crippen LogP) is 2.00. The molecular formula is C11H9NO2S2. The summed E-state index contributed by atoms with van der Waals surface area (Å²) in [7, 11) is 0. The minimum absolute atomic E-state index is 0.0143. The monoisotopic (exact) mass is 251 g/mol. The Hall–Kier alpha value is -1.07. The summed E-state index contributed by atoms with van der Waals surface area (Å²) in [6.07, 6.45) is 1.81. The zero-order valence-electron chi connectivity index (χ0n) is 8.21. The smallest absolute Gasteiger partial charge is 0.258 e. The fourth-order valence-electron chi connectivity index (χ4n) is 1.54. The number of hydrogen-bond donors (Lipinski definition) is 2. The largest absolute Gasteiger partial charge is 0.508 e. The standard InChI is InChI=1S/C11H9NO2S2/c13-7-3-1-2-6(4-7)5-8-9(14)12-10-11(15-8)16-10/h1-5,10-11,13H,(H,12,14)/b8-5+. The molecule has 2 N–H and O–H groups in total. The van der Waals surface area contributed by atoms with Gasteiger partial charge in [-0.1, -0.05) is 12.1 Å². The molecule has 0 spiro atoms. The first-order chi connectivity index (χ1) is 7.72. The van der Waals surface area contributed by atoms with E-state index in [1.54, 1.807) is 41.7 Å². The van der Waals surface area contributed by atoms with Crippen LogP contribution in [0.15, 0.2) is 29.2 Å². The van der Waals surface area contributed by atoms with Gasteiger partial charge in [-0.3, -0.25) is 4.79 Å². The second-order valence-electron chi connectivity index (χ2n) is 3.62. The highest BCUT2D eigenvalue weighted by Gasteiger charge is 2.46. The number of phenolic OH excluding ortho intramolecular Hbond substituents is 1. The summed E-state index contributed by atoms with van der Waals surface area (Å²) in [5, 5.41) is 12.5. The van der Waals surface area contributed by atoms with E-state index >= 15 is 0 Å². The quantitative estimate of drug-likeness (QED) is 0.592. The lowest BCUT2D eigenvalue weighted by Crippen LogP contribution is -2.31. The highest BCUT2D eigenvalue weighted by Crippen LogP contribution is 2.53. The zero-order valence-corrected chi connectivity index (χ0v) is 9.85. The Morgan fingerprint density at radius 1 is 1.44 bits per heavy atom. The van der Waals surface area contributed by atoms with Crippen LogP contribution in [-0.4, -0.2) is 21.0 Å². The fraction of sp³-hybridized carbons (Fsp3) is 0.182. The van der Waals surface area contributed by atoms with Gasteiger partial charge in [0.15, 0.2) is 0 Å². The summed E-state index contributed by atoms with van der Waals surface area (Å²) < 4.78 is 0.473. The lowest BCUT2D eigenvalue weighted by molar-refractivity contribution is -0.116. The van der Waals surface area contributed by atoms with Crippen molar-refractivity contribution in [3.8, 4) is 5.75 Å². The van der Waals surface area contributed by atoms with Crippen molar-refractivity contribution in [3.05, 3.63) is 34.7 Å². The molecule has 0 saturated carbocycles. The van der Waals surface area contributed by atoms with E-state index in [0.29, 0.717) is 9.96 Å². The Bertz CT molecular complexity index is 487. The van der Waals surface area contributed by atoms with Crippen LogP contribution in [0.3, 0.4) is 0 Å². The maximum atomic E-state index is 11.6. The van der Waals surface area contributed by atoms with Crippen LogP contribution in [0.1, 0.15) is 5.56 Å². The Morgan fingerprint density at radius 3 is 3.12 bits per heavy atom. The predicted molar refractivity (Wildman–Crippen MR) is 67.0 cm³/mol. The molecule has 1 aromatic rings. The highest BCUT2D eigenvalue weighted by atomic mass is 32.2. The molecule has 2 aliphatic rings. The van der Waals surface area contributed by atoms with Gasteiger partial charge in [-0.15, -0.1) is 23.5 Å². The number of rotatable bonds is 1. The first-order valence-corrected chi connectivity index (χ1v) is 6.68. The van der Waals surface area contributed by atoms with E-state index in [2.05, 4.69) is 5.32 Å². The lowest BCUT2D eigenvalue weighted by atomic mass is 10.2. The first-order valence-electron chi connectivity index (χ1n) is 4.86. The average molecular weight is 251 g/mol. The van der Waals surface area contributed by atoms with Crippen molar-refractivity contribution in [1.29, 1.82) is 0 Å². The van der Waals surface area contributed by atoms with E-state index in [0.717, 1.165) is 10.5 Å². The number of carbonyl (C=O) groups is 1. The summed E-state index contributed by atoms with van der Waals surface area (Å²) in [5.74, 6) is 0.203. The number of fused-ring (bicyclic) bond motifs is 1. The van der Waals surface area contributed by atoms with Gasteiger partial charge in [0.1, 0.15) is 5.75 Å². The van der Waals surface area contributed by atoms with Gasteiger partial charge >= 0.3 is 0 Å². The minimum Gasteiger partial charge on any atom is -0.508 e. The molecule has 5 heteroatoms. The van der Waals surface area contributed by atoms with E-state index < -0.39 is 0 Å². The second kappa shape index (κ2) is 3.75. The molecule has 2 aliphatic heterocycles. The van der Waals surface area contributed by atoms with Gasteiger partial charge in [0.05, 0.1) is 14.9 Å². The van der Waals surface area contributed by atoms with Crippen LogP contribution in [0.2, 0.25) is 0 Å². The number of phenols is 1. The van der Waals surface area contributed by atoms with Crippen molar-refractivity contribution < 1.29 is 9.90 Å². The summed E-state index contributed by atoms with van der Waals surface area (Å²) in [6.45, 7) is 0. The minimum atomic E-state index is -0.0143. The summed E-state index contributed by atoms with van der Waals surface area (Å²) >= 11 is 3.36. The van der Waals surface area contributed by atoms with E-state index in [-0.39, 0.29) is 11.7 Å². The molecule has 2 atom stereocenters. The Morgan fingerprint density at radius 2 is 2.31 bits per heavy atom. The summed E-state index contributed by atoms with van der Waals surface area (Å²) in [5.41, 5.74) is 0.849. The van der Waals surface area contributed by atoms with Crippen LogP contribution in [0.4, 0.5) is 0 Å². The molecule has 2 unspecified atom stereocenters. The number of carbonyl (C=O) groups excluding carboxylic acids is 1. The molecule has 3 rings (SSSR count). The second-order valence-corrected chi connectivity index (χ2v) is 6.39. The molecule has 0 aromatic heterocycles. The Balaban J connectivity index is 1.88. The molecule has 1 aromatic carbocycles. The maximum Gasteiger partial charge on any atom is 0.258 e. The van der Waals surface area contributed by atoms with Crippen molar-refractivity contribution in [3.63, 3.8) is 0 Å². The van der Waals surface area contributed by atoms with Gasteiger partial charge in [0, 0.05) is 0 Å². The van der Waals surface area contributed by atoms with Crippen molar-refractivity contribution in [2.45, 2.75) is 9.96 Å². The molecule has 82 valence electrons. The topological polar surface area (TPSA) is 49.3 Å². The fourth-order valence-corrected chi connectivity index (χ4v) is 3.85. The van der Waals surface area contributed by atoms with Gasteiger partial charge in [0.25, 0.3) is 5.91 Å². The van der Waals surface area contributed by atoms with Gasteiger partial charge < -0.3 is 10.4 Å². The number of hydrogen-bond acceptors (Lipinski definition) is 4. The lowest BCUT2D eigenvalue weighted by Gasteiger charge is -2.11. The third kappa shape index (κ3) is 1.92. The van der Waals surface area contributed by atoms with Crippen LogP contribution in [0.5, 0.6) is 5.75 Å². The van der Waals surface area contributed by atoms with Gasteiger partial charge in [0.2, 0.25) is 0 Å². The van der Waals surface area contributed by atoms with E-state index in [9.17, 15) is 9.90 Å². The van der Waals surface area contributed by atoms with Gasteiger partial charge in [-0.25, -0.2) is 0 Å². The Labute approximate surface area is 101 Å². The molecule has 0 bridgehead atoms. The van der Waals surface area contributed by atoms with Crippen molar-refractivity contribution in [2.24, 2.45) is 0 Å². The molecule has 1 amide bonds. The third-order valence-corrected chi connectivity index (χ3v) is 5.12. The SMILES string of the molecule is O=C1NC2SC2S/C1=C/c1cccc(O)c1. The van der Waals surface area contributed by atoms with Crippen molar-refractivity contribution in [2.75, 3.05) is 0 Å². The molecule has 0 aliphatic carbocycles. The summed E-state index contributed by atoms with van der Waals surface area (Å²) in [4.78, 5) is 12.4. The van der Waals surface area contributed by atoms with Gasteiger partial charge in [-0.05, 0) is 23.8 Å². The summed E-state index contributed by atoms with van der Waals surface area (Å²) in [6, 6.07) is 6.89. The zero-order chi connectivity index (χ0) is 11.1. The molecule has 2 saturated heterocycles. The molecule has 2 heterocycles.